The van der Waals surface area contributed by atoms with Gasteiger partial charge in [-0.2, -0.15) is 4.31 Å². The number of rotatable bonds is 11. The Morgan fingerprint density at radius 1 is 1.23 bits per heavy atom. The molecular formula is C24H39FN4O5S. The van der Waals surface area contributed by atoms with Gasteiger partial charge in [-0.1, -0.05) is 25.8 Å². The van der Waals surface area contributed by atoms with Crippen LogP contribution in [0.2, 0.25) is 0 Å². The van der Waals surface area contributed by atoms with Crippen LogP contribution < -0.4 is 15.5 Å². The summed E-state index contributed by atoms with van der Waals surface area (Å²) >= 11 is 0. The first-order valence-corrected chi connectivity index (χ1v) is 13.9. The van der Waals surface area contributed by atoms with Crippen molar-refractivity contribution in [2.75, 3.05) is 57.8 Å². The van der Waals surface area contributed by atoms with E-state index >= 15 is 0 Å². The lowest BCUT2D eigenvalue weighted by molar-refractivity contribution is -0.128. The van der Waals surface area contributed by atoms with Gasteiger partial charge in [-0.25, -0.2) is 12.8 Å². The molecule has 2 aliphatic rings. The van der Waals surface area contributed by atoms with Gasteiger partial charge in [-0.05, 0) is 56.5 Å². The number of piperidine rings is 1. The summed E-state index contributed by atoms with van der Waals surface area (Å²) in [5.74, 6) is -0.838. The van der Waals surface area contributed by atoms with Gasteiger partial charge in [0.25, 0.3) is 0 Å². The largest absolute Gasteiger partial charge is 0.369 e. The predicted molar refractivity (Wildman–Crippen MR) is 133 cm³/mol. The van der Waals surface area contributed by atoms with E-state index in [1.807, 2.05) is 17.0 Å². The molecule has 2 fully saturated rings. The molecule has 0 radical (unpaired) electrons. The van der Waals surface area contributed by atoms with E-state index in [4.69, 9.17) is 4.74 Å². The number of unbranched alkanes of at least 4 members (excludes halogenated alkanes) is 2. The van der Waals surface area contributed by atoms with Crippen molar-refractivity contribution in [3.05, 3.63) is 29.6 Å². The molecule has 35 heavy (non-hydrogen) atoms. The summed E-state index contributed by atoms with van der Waals surface area (Å²) in [5, 5.41) is 15.3. The van der Waals surface area contributed by atoms with Crippen LogP contribution in [-0.4, -0.2) is 87.7 Å². The third-order valence-electron chi connectivity index (χ3n) is 7.06. The van der Waals surface area contributed by atoms with Gasteiger partial charge in [-0.15, -0.1) is 0 Å². The zero-order chi connectivity index (χ0) is 25.5. The number of aryl methyl sites for hydroxylation is 1. The van der Waals surface area contributed by atoms with Gasteiger partial charge in [-0.3, -0.25) is 4.79 Å². The highest BCUT2D eigenvalue weighted by molar-refractivity contribution is 7.91. The first-order valence-electron chi connectivity index (χ1n) is 12.5. The standard InChI is InChI=1S/C24H39FN4O5S/c1-3-4-5-6-19-7-8-20(17-21(19)25)28-13-15-29(16-14-28)35(32,33)24(9-11-26-12-10-24)23(31)27-18-22(30)34-2/h7-8,17,22,26,30H,3-6,9-16,18H2,1-2H3,(H,27,31). The molecule has 1 aromatic carbocycles. The Kier molecular flexibility index (Phi) is 9.88. The van der Waals surface area contributed by atoms with Crippen molar-refractivity contribution in [1.82, 2.24) is 14.9 Å². The van der Waals surface area contributed by atoms with Crippen molar-refractivity contribution in [1.29, 1.82) is 0 Å². The van der Waals surface area contributed by atoms with Crippen LogP contribution >= 0.6 is 0 Å². The smallest absolute Gasteiger partial charge is 0.243 e. The highest BCUT2D eigenvalue weighted by atomic mass is 32.2. The molecule has 198 valence electrons. The minimum atomic E-state index is -3.98. The third-order valence-corrected chi connectivity index (χ3v) is 9.68. The molecule has 0 aromatic heterocycles. The molecule has 0 aliphatic carbocycles. The highest BCUT2D eigenvalue weighted by Crippen LogP contribution is 2.33. The second-order valence-corrected chi connectivity index (χ2v) is 11.5. The molecule has 0 bridgehead atoms. The van der Waals surface area contributed by atoms with E-state index in [1.165, 1.54) is 17.5 Å². The second-order valence-electron chi connectivity index (χ2n) is 9.27. The Balaban J connectivity index is 1.68. The number of sulfonamides is 1. The number of amides is 1. The number of methoxy groups -OCH3 is 1. The summed E-state index contributed by atoms with van der Waals surface area (Å²) in [7, 11) is -2.67. The number of aliphatic hydroxyl groups excluding tert-OH is 1. The minimum absolute atomic E-state index is 0.148. The van der Waals surface area contributed by atoms with Crippen LogP contribution in [0.1, 0.15) is 44.6 Å². The lowest BCUT2D eigenvalue weighted by Gasteiger charge is -2.42. The molecule has 1 aromatic rings. The van der Waals surface area contributed by atoms with Crippen LogP contribution in [0.5, 0.6) is 0 Å². The number of carbonyl (C=O) groups is 1. The van der Waals surface area contributed by atoms with Gasteiger partial charge < -0.3 is 25.4 Å². The van der Waals surface area contributed by atoms with Crippen LogP contribution in [0.3, 0.4) is 0 Å². The lowest BCUT2D eigenvalue weighted by Crippen LogP contribution is -2.64. The van der Waals surface area contributed by atoms with Gasteiger partial charge in [0, 0.05) is 39.0 Å². The van der Waals surface area contributed by atoms with Crippen LogP contribution in [-0.2, 0) is 26.0 Å². The van der Waals surface area contributed by atoms with E-state index in [1.54, 1.807) is 0 Å². The van der Waals surface area contributed by atoms with Crippen LogP contribution in [0, 0.1) is 5.82 Å². The summed E-state index contributed by atoms with van der Waals surface area (Å²) in [6, 6.07) is 5.26. The molecule has 2 heterocycles. The van der Waals surface area contributed by atoms with Crippen molar-refractivity contribution in [2.24, 2.45) is 0 Å². The first-order chi connectivity index (χ1) is 16.7. The number of anilines is 1. The van der Waals surface area contributed by atoms with E-state index < -0.39 is 27.0 Å². The molecule has 0 spiro atoms. The molecule has 11 heteroatoms. The number of nitrogens with zero attached hydrogens (tertiary/aromatic N) is 2. The molecular weight excluding hydrogens is 475 g/mol. The number of piperazine rings is 1. The first kappa shape index (κ1) is 27.8. The Hall–Kier alpha value is -1.79. The number of ether oxygens (including phenoxy) is 1. The SMILES string of the molecule is CCCCCc1ccc(N2CCN(S(=O)(=O)C3(C(=O)NCC(O)OC)CCNCC3)CC2)cc1F. The summed E-state index contributed by atoms with van der Waals surface area (Å²) in [4.78, 5) is 15.1. The van der Waals surface area contributed by atoms with Crippen molar-refractivity contribution < 1.29 is 27.4 Å². The number of hydrogen-bond acceptors (Lipinski definition) is 7. The fourth-order valence-electron chi connectivity index (χ4n) is 4.79. The average Bonchev–Trinajstić information content (AvgIpc) is 2.88. The minimum Gasteiger partial charge on any atom is -0.369 e. The normalized spacial score (nSPS) is 19.9. The van der Waals surface area contributed by atoms with E-state index in [2.05, 4.69) is 17.6 Å². The maximum Gasteiger partial charge on any atom is 0.243 e. The zero-order valence-electron chi connectivity index (χ0n) is 20.8. The molecule has 1 amide bonds. The Morgan fingerprint density at radius 2 is 1.91 bits per heavy atom. The quantitative estimate of drug-likeness (QED) is 0.301. The number of carbonyl (C=O) groups excluding carboxylic acids is 1. The summed E-state index contributed by atoms with van der Waals surface area (Å²) in [5.41, 5.74) is 1.45. The summed E-state index contributed by atoms with van der Waals surface area (Å²) in [6.07, 6.45) is 2.92. The molecule has 3 N–H and O–H groups in total. The average molecular weight is 515 g/mol. The molecule has 3 rings (SSSR count). The van der Waals surface area contributed by atoms with Gasteiger partial charge >= 0.3 is 0 Å². The number of halogens is 1. The number of benzene rings is 1. The fraction of sp³-hybridized carbons (Fsp3) is 0.708. The van der Waals surface area contributed by atoms with E-state index in [0.717, 1.165) is 24.9 Å². The highest BCUT2D eigenvalue weighted by Gasteiger charge is 2.54. The lowest BCUT2D eigenvalue weighted by atomic mass is 9.96. The Labute approximate surface area is 208 Å². The van der Waals surface area contributed by atoms with E-state index in [0.29, 0.717) is 38.2 Å². The Bertz CT molecular complexity index is 947. The van der Waals surface area contributed by atoms with Crippen LogP contribution in [0.15, 0.2) is 18.2 Å². The summed E-state index contributed by atoms with van der Waals surface area (Å²) in [6.45, 7) is 3.99. The molecule has 9 nitrogen and oxygen atoms in total. The third kappa shape index (κ3) is 6.32. The van der Waals surface area contributed by atoms with E-state index in [9.17, 15) is 22.7 Å². The number of nitrogens with one attached hydrogen (secondary N) is 2. The van der Waals surface area contributed by atoms with Crippen LogP contribution in [0.25, 0.3) is 0 Å². The van der Waals surface area contributed by atoms with Gasteiger partial charge in [0.15, 0.2) is 11.0 Å². The molecule has 1 unspecified atom stereocenters. The topological polar surface area (TPSA) is 111 Å². The fourth-order valence-corrected chi connectivity index (χ4v) is 6.96. The van der Waals surface area contributed by atoms with Crippen molar-refractivity contribution in [3.63, 3.8) is 0 Å². The second kappa shape index (κ2) is 12.4. The van der Waals surface area contributed by atoms with Crippen molar-refractivity contribution in [3.8, 4) is 0 Å². The monoisotopic (exact) mass is 514 g/mol. The van der Waals surface area contributed by atoms with Crippen molar-refractivity contribution in [2.45, 2.75) is 56.5 Å². The molecule has 0 saturated carbocycles. The van der Waals surface area contributed by atoms with Gasteiger partial charge in [0.05, 0.1) is 6.54 Å². The number of aliphatic hydroxyl groups is 1. The Morgan fingerprint density at radius 3 is 2.51 bits per heavy atom. The van der Waals surface area contributed by atoms with E-state index in [-0.39, 0.29) is 38.3 Å². The molecule has 2 saturated heterocycles. The van der Waals surface area contributed by atoms with Gasteiger partial charge in [0.2, 0.25) is 15.9 Å². The summed E-state index contributed by atoms with van der Waals surface area (Å²) < 4.78 is 46.7. The molecule has 1 atom stereocenters. The number of hydrogen-bond donors (Lipinski definition) is 3. The predicted octanol–water partition coefficient (Wildman–Crippen LogP) is 1.21. The maximum atomic E-state index is 14.6. The van der Waals surface area contributed by atoms with Crippen LogP contribution in [0.4, 0.5) is 10.1 Å². The van der Waals surface area contributed by atoms with Gasteiger partial charge in [0.1, 0.15) is 5.82 Å². The molecule has 2 aliphatic heterocycles. The maximum absolute atomic E-state index is 14.6. The van der Waals surface area contributed by atoms with Crippen molar-refractivity contribution >= 4 is 21.6 Å². The zero-order valence-corrected chi connectivity index (χ0v) is 21.6.